The lowest BCUT2D eigenvalue weighted by Gasteiger charge is -2.04. The molecule has 0 atom stereocenters. The average Bonchev–Trinajstić information content (AvgIpc) is 3.14. The number of aromatic nitrogens is 5. The molecule has 2 heterocycles. The second-order valence-electron chi connectivity index (χ2n) is 5.79. The zero-order chi connectivity index (χ0) is 19.4. The largest absolute Gasteiger partial charge is 0.305 e. The molecule has 2 aromatic heterocycles. The Kier molecular flexibility index (Phi) is 6.07. The van der Waals surface area contributed by atoms with Crippen LogP contribution in [0, 0.1) is 6.92 Å². The highest BCUT2D eigenvalue weighted by Crippen LogP contribution is 2.24. The topological polar surface area (TPSA) is 90.0 Å². The molecule has 3 aromatic rings. The molecule has 0 spiro atoms. The number of amides is 1. The van der Waals surface area contributed by atoms with Crippen LogP contribution < -0.4 is 5.43 Å². The van der Waals surface area contributed by atoms with Crippen molar-refractivity contribution in [1.82, 2.24) is 30.0 Å². The molecule has 0 unspecified atom stereocenters. The summed E-state index contributed by atoms with van der Waals surface area (Å²) in [6.07, 6.45) is 1.57. The summed E-state index contributed by atoms with van der Waals surface area (Å²) in [6, 6.07) is 9.71. The van der Waals surface area contributed by atoms with E-state index in [1.54, 1.807) is 10.9 Å². The van der Waals surface area contributed by atoms with Gasteiger partial charge in [-0.05, 0) is 25.1 Å². The summed E-state index contributed by atoms with van der Waals surface area (Å²) in [4.78, 5) is 12.0. The van der Waals surface area contributed by atoms with Crippen LogP contribution in [0.5, 0.6) is 0 Å². The number of carbonyl (C=O) groups is 1. The Hall–Kier alpha value is -2.46. The molecule has 0 aliphatic heterocycles. The molecular weight excluding hydrogens is 430 g/mol. The number of nitrogens with zero attached hydrogens (tertiary/aromatic N) is 6. The van der Waals surface area contributed by atoms with Gasteiger partial charge < -0.3 is 4.57 Å². The molecule has 0 aliphatic carbocycles. The molecule has 1 N–H and O–H groups in total. The van der Waals surface area contributed by atoms with Crippen LogP contribution in [-0.4, -0.2) is 42.4 Å². The summed E-state index contributed by atoms with van der Waals surface area (Å²) in [7, 11) is 3.70. The third kappa shape index (κ3) is 4.83. The van der Waals surface area contributed by atoms with Crippen molar-refractivity contribution in [1.29, 1.82) is 0 Å². The molecule has 140 valence electrons. The van der Waals surface area contributed by atoms with Gasteiger partial charge in [0.05, 0.1) is 23.4 Å². The molecule has 3 rings (SSSR count). The van der Waals surface area contributed by atoms with Gasteiger partial charge >= 0.3 is 0 Å². The van der Waals surface area contributed by atoms with Crippen molar-refractivity contribution in [3.05, 3.63) is 46.2 Å². The van der Waals surface area contributed by atoms with E-state index in [0.717, 1.165) is 27.2 Å². The molecule has 0 saturated carbocycles. The van der Waals surface area contributed by atoms with Crippen LogP contribution in [-0.2, 0) is 18.9 Å². The van der Waals surface area contributed by atoms with Gasteiger partial charge in [0.1, 0.15) is 0 Å². The molecular formula is C17H18BrN7OS. The number of aryl methyl sites for hydroxylation is 2. The number of hydrogen-bond acceptors (Lipinski definition) is 6. The second-order valence-corrected chi connectivity index (χ2v) is 7.65. The van der Waals surface area contributed by atoms with Gasteiger partial charge in [0.2, 0.25) is 0 Å². The van der Waals surface area contributed by atoms with Gasteiger partial charge in [-0.15, -0.1) is 10.2 Å². The number of carbonyl (C=O) groups excluding carboxylic acids is 1. The highest BCUT2D eigenvalue weighted by molar-refractivity contribution is 9.10. The Bertz CT molecular complexity index is 995. The minimum Gasteiger partial charge on any atom is -0.305 e. The predicted molar refractivity (Wildman–Crippen MR) is 109 cm³/mol. The molecule has 0 bridgehead atoms. The summed E-state index contributed by atoms with van der Waals surface area (Å²) >= 11 is 4.76. The Labute approximate surface area is 169 Å². The molecule has 0 saturated heterocycles. The maximum atomic E-state index is 12.0. The van der Waals surface area contributed by atoms with Gasteiger partial charge in [-0.1, -0.05) is 39.8 Å². The maximum Gasteiger partial charge on any atom is 0.250 e. The van der Waals surface area contributed by atoms with Gasteiger partial charge in [-0.2, -0.15) is 10.2 Å². The number of benzene rings is 1. The zero-order valence-electron chi connectivity index (χ0n) is 15.0. The number of nitrogens with one attached hydrogen (secondary N) is 1. The number of halogens is 1. The molecule has 0 aliphatic rings. The van der Waals surface area contributed by atoms with E-state index in [2.05, 4.69) is 41.8 Å². The summed E-state index contributed by atoms with van der Waals surface area (Å²) in [6.45, 7) is 1.90. The average molecular weight is 448 g/mol. The first-order valence-corrected chi connectivity index (χ1v) is 9.82. The molecule has 1 aromatic carbocycles. The number of thioether (sulfide) groups is 1. The SMILES string of the molecule is Cc1cc(/C=N\NC(=O)CSc2nnc(-c3cccc(Br)c3)n2C)n(C)n1. The minimum absolute atomic E-state index is 0.187. The molecule has 8 nitrogen and oxygen atoms in total. The van der Waals surface area contributed by atoms with Gasteiger partial charge in [0.25, 0.3) is 5.91 Å². The van der Waals surface area contributed by atoms with Gasteiger partial charge in [-0.25, -0.2) is 5.43 Å². The Balaban J connectivity index is 1.57. The third-order valence-corrected chi connectivity index (χ3v) is 5.19. The van der Waals surface area contributed by atoms with E-state index in [4.69, 9.17) is 0 Å². The van der Waals surface area contributed by atoms with E-state index in [0.29, 0.717) is 5.16 Å². The van der Waals surface area contributed by atoms with E-state index in [-0.39, 0.29) is 11.7 Å². The first-order valence-electron chi connectivity index (χ1n) is 8.04. The van der Waals surface area contributed by atoms with Crippen LogP contribution in [0.25, 0.3) is 11.4 Å². The fourth-order valence-corrected chi connectivity index (χ4v) is 3.51. The van der Waals surface area contributed by atoms with Crippen LogP contribution in [0.2, 0.25) is 0 Å². The fraction of sp³-hybridized carbons (Fsp3) is 0.235. The first kappa shape index (κ1) is 19.3. The van der Waals surface area contributed by atoms with Crippen molar-refractivity contribution in [3.8, 4) is 11.4 Å². The molecule has 10 heteroatoms. The third-order valence-electron chi connectivity index (χ3n) is 3.67. The molecule has 0 radical (unpaired) electrons. The van der Waals surface area contributed by atoms with Gasteiger partial charge in [0, 0.05) is 24.1 Å². The van der Waals surface area contributed by atoms with Crippen molar-refractivity contribution in [2.24, 2.45) is 19.2 Å². The van der Waals surface area contributed by atoms with Crippen LogP contribution in [0.1, 0.15) is 11.4 Å². The lowest BCUT2D eigenvalue weighted by molar-refractivity contribution is -0.118. The minimum atomic E-state index is -0.220. The first-order chi connectivity index (χ1) is 12.9. The molecule has 1 amide bonds. The molecule has 0 fully saturated rings. The highest BCUT2D eigenvalue weighted by Gasteiger charge is 2.13. The van der Waals surface area contributed by atoms with Crippen molar-refractivity contribution < 1.29 is 4.79 Å². The van der Waals surface area contributed by atoms with E-state index < -0.39 is 0 Å². The lowest BCUT2D eigenvalue weighted by Crippen LogP contribution is -2.20. The van der Waals surface area contributed by atoms with E-state index >= 15 is 0 Å². The zero-order valence-corrected chi connectivity index (χ0v) is 17.5. The maximum absolute atomic E-state index is 12.0. The smallest absolute Gasteiger partial charge is 0.250 e. The van der Waals surface area contributed by atoms with E-state index in [1.807, 2.05) is 55.9 Å². The van der Waals surface area contributed by atoms with Crippen molar-refractivity contribution >= 4 is 39.8 Å². The normalized spacial score (nSPS) is 11.3. The Morgan fingerprint density at radius 1 is 1.33 bits per heavy atom. The Morgan fingerprint density at radius 3 is 2.85 bits per heavy atom. The van der Waals surface area contributed by atoms with Crippen LogP contribution in [0.4, 0.5) is 0 Å². The summed E-state index contributed by atoms with van der Waals surface area (Å²) in [5.74, 6) is 0.706. The number of hydrazone groups is 1. The monoisotopic (exact) mass is 447 g/mol. The van der Waals surface area contributed by atoms with Crippen LogP contribution in [0.15, 0.2) is 45.1 Å². The molecule has 27 heavy (non-hydrogen) atoms. The van der Waals surface area contributed by atoms with Crippen molar-refractivity contribution in [3.63, 3.8) is 0 Å². The summed E-state index contributed by atoms with van der Waals surface area (Å²) in [5, 5.41) is 17.2. The van der Waals surface area contributed by atoms with Crippen molar-refractivity contribution in [2.75, 3.05) is 5.75 Å². The predicted octanol–water partition coefficient (Wildman–Crippen LogP) is 2.53. The van der Waals surface area contributed by atoms with Gasteiger partial charge in [-0.3, -0.25) is 9.48 Å². The van der Waals surface area contributed by atoms with E-state index in [9.17, 15) is 4.79 Å². The number of hydrogen-bond donors (Lipinski definition) is 1. The van der Waals surface area contributed by atoms with E-state index in [1.165, 1.54) is 11.8 Å². The highest BCUT2D eigenvalue weighted by atomic mass is 79.9. The summed E-state index contributed by atoms with van der Waals surface area (Å²) in [5.41, 5.74) is 5.16. The standard InChI is InChI=1S/C17H18BrN7OS/c1-11-7-14(25(3)23-11)9-19-20-15(26)10-27-17-22-21-16(24(17)2)12-5-4-6-13(18)8-12/h4-9H,10H2,1-3H3,(H,20,26)/b19-9-. The second kappa shape index (κ2) is 8.49. The fourth-order valence-electron chi connectivity index (χ4n) is 2.40. The van der Waals surface area contributed by atoms with Gasteiger partial charge in [0.15, 0.2) is 11.0 Å². The number of rotatable bonds is 6. The summed E-state index contributed by atoms with van der Waals surface area (Å²) < 4.78 is 4.53. The van der Waals surface area contributed by atoms with Crippen LogP contribution >= 0.6 is 27.7 Å². The van der Waals surface area contributed by atoms with Crippen molar-refractivity contribution in [2.45, 2.75) is 12.1 Å². The van der Waals surface area contributed by atoms with Crippen LogP contribution in [0.3, 0.4) is 0 Å². The quantitative estimate of drug-likeness (QED) is 0.356. The lowest BCUT2D eigenvalue weighted by atomic mass is 10.2. The Morgan fingerprint density at radius 2 is 2.15 bits per heavy atom.